The maximum absolute atomic E-state index is 2.70. The Labute approximate surface area is 376 Å². The van der Waals surface area contributed by atoms with Crippen molar-refractivity contribution in [1.29, 1.82) is 0 Å². The summed E-state index contributed by atoms with van der Waals surface area (Å²) in [4.78, 5) is 2.40. The lowest BCUT2D eigenvalue weighted by molar-refractivity contribution is 1.28. The van der Waals surface area contributed by atoms with Crippen molar-refractivity contribution in [2.24, 2.45) is 0 Å². The van der Waals surface area contributed by atoms with Crippen LogP contribution in [-0.4, -0.2) is 8.07 Å². The Bertz CT molecular complexity index is 3230. The van der Waals surface area contributed by atoms with Crippen molar-refractivity contribution in [3.63, 3.8) is 0 Å². The van der Waals surface area contributed by atoms with E-state index in [1.165, 1.54) is 75.7 Å². The fraction of sp³-hybridized carbons (Fsp3) is 0. The molecule has 0 heterocycles. The van der Waals surface area contributed by atoms with E-state index in [1.54, 1.807) is 0 Å². The summed E-state index contributed by atoms with van der Waals surface area (Å²) in [5.41, 5.74) is 10.5. The van der Waals surface area contributed by atoms with Crippen LogP contribution in [0.25, 0.3) is 54.9 Å². The van der Waals surface area contributed by atoms with Crippen LogP contribution < -0.4 is 25.6 Å². The Morgan fingerprint density at radius 2 is 0.547 bits per heavy atom. The second-order valence-electron chi connectivity index (χ2n) is 16.5. The molecule has 0 bridgehead atoms. The minimum Gasteiger partial charge on any atom is -0.311 e. The van der Waals surface area contributed by atoms with Gasteiger partial charge in [0.2, 0.25) is 0 Å². The highest BCUT2D eigenvalue weighted by molar-refractivity contribution is 7.19. The molecule has 0 aliphatic carbocycles. The molecule has 0 aliphatic heterocycles. The Morgan fingerprint density at radius 3 is 1.02 bits per heavy atom. The van der Waals surface area contributed by atoms with Gasteiger partial charge in [-0.25, -0.2) is 0 Å². The predicted molar refractivity (Wildman–Crippen MR) is 276 cm³/mol. The van der Waals surface area contributed by atoms with Crippen molar-refractivity contribution < 1.29 is 0 Å². The van der Waals surface area contributed by atoms with Gasteiger partial charge in [-0.2, -0.15) is 0 Å². The standard InChI is InChI=1S/C62H45NSi/c1-5-18-48(19-6-1)61-44-51-21-15-16-22-52(51)45-62(61)49-33-37-55(38-34-49)63(54-35-31-47(32-36-54)53-30-29-46-17-13-14-20-50(46)43-53)56-39-41-60(42-40-56)64(57-23-7-2-8-24-57,58-25-9-3-10-26-58)59-27-11-4-12-28-59/h1-45H. The van der Waals surface area contributed by atoms with Gasteiger partial charge in [0.25, 0.3) is 0 Å². The quantitative estimate of drug-likeness (QED) is 0.0980. The topological polar surface area (TPSA) is 3.24 Å². The number of nitrogens with zero attached hydrogens (tertiary/aromatic N) is 1. The second kappa shape index (κ2) is 17.0. The van der Waals surface area contributed by atoms with E-state index in [0.717, 1.165) is 17.1 Å². The largest absolute Gasteiger partial charge is 0.311 e. The van der Waals surface area contributed by atoms with Crippen LogP contribution in [0.2, 0.25) is 0 Å². The van der Waals surface area contributed by atoms with E-state index in [1.807, 2.05) is 0 Å². The van der Waals surface area contributed by atoms with Gasteiger partial charge in [0.05, 0.1) is 0 Å². The monoisotopic (exact) mass is 831 g/mol. The maximum Gasteiger partial charge on any atom is 0.179 e. The number of hydrogen-bond acceptors (Lipinski definition) is 1. The van der Waals surface area contributed by atoms with Crippen LogP contribution in [0.1, 0.15) is 0 Å². The third kappa shape index (κ3) is 7.20. The summed E-state index contributed by atoms with van der Waals surface area (Å²) in [6.07, 6.45) is 0. The summed E-state index contributed by atoms with van der Waals surface area (Å²) in [5, 5.41) is 10.4. The Morgan fingerprint density at radius 1 is 0.219 bits per heavy atom. The Kier molecular flexibility index (Phi) is 10.3. The first-order chi connectivity index (χ1) is 31.7. The van der Waals surface area contributed by atoms with Crippen molar-refractivity contribution >= 4 is 67.4 Å². The van der Waals surface area contributed by atoms with Gasteiger partial charge in [0.15, 0.2) is 8.07 Å². The molecule has 0 fully saturated rings. The van der Waals surface area contributed by atoms with E-state index in [9.17, 15) is 0 Å². The van der Waals surface area contributed by atoms with Gasteiger partial charge in [-0.3, -0.25) is 0 Å². The molecule has 11 rings (SSSR count). The third-order valence-electron chi connectivity index (χ3n) is 12.8. The fourth-order valence-electron chi connectivity index (χ4n) is 9.67. The van der Waals surface area contributed by atoms with Crippen molar-refractivity contribution in [2.45, 2.75) is 0 Å². The van der Waals surface area contributed by atoms with E-state index in [0.29, 0.717) is 0 Å². The molecule has 0 saturated heterocycles. The third-order valence-corrected chi connectivity index (χ3v) is 17.6. The average Bonchev–Trinajstić information content (AvgIpc) is 3.38. The highest BCUT2D eigenvalue weighted by Gasteiger charge is 2.41. The van der Waals surface area contributed by atoms with Crippen LogP contribution in [0.3, 0.4) is 0 Å². The number of benzene rings is 11. The lowest BCUT2D eigenvalue weighted by Gasteiger charge is -2.35. The average molecular weight is 832 g/mol. The molecule has 0 radical (unpaired) electrons. The molecule has 0 saturated carbocycles. The van der Waals surface area contributed by atoms with E-state index >= 15 is 0 Å². The second-order valence-corrected chi connectivity index (χ2v) is 20.3. The number of rotatable bonds is 10. The molecular formula is C62H45NSi. The smallest absolute Gasteiger partial charge is 0.179 e. The molecule has 11 aromatic carbocycles. The van der Waals surface area contributed by atoms with Crippen molar-refractivity contribution in [3.05, 3.63) is 273 Å². The first kappa shape index (κ1) is 38.8. The highest BCUT2D eigenvalue weighted by Crippen LogP contribution is 2.40. The van der Waals surface area contributed by atoms with E-state index in [4.69, 9.17) is 0 Å². The maximum atomic E-state index is 2.40. The fourth-order valence-corrected chi connectivity index (χ4v) is 14.4. The summed E-state index contributed by atoms with van der Waals surface area (Å²) in [6, 6.07) is 100. The minimum absolute atomic E-state index is 1.09. The van der Waals surface area contributed by atoms with E-state index in [-0.39, 0.29) is 0 Å². The number of anilines is 3. The molecule has 0 unspecified atom stereocenters. The van der Waals surface area contributed by atoms with Gasteiger partial charge in [-0.05, 0) is 130 Å². The van der Waals surface area contributed by atoms with Gasteiger partial charge < -0.3 is 4.90 Å². The summed E-state index contributed by atoms with van der Waals surface area (Å²) in [6.45, 7) is 0. The normalized spacial score (nSPS) is 11.4. The van der Waals surface area contributed by atoms with Gasteiger partial charge in [-0.1, -0.05) is 218 Å². The predicted octanol–water partition coefficient (Wildman–Crippen LogP) is 13.8. The molecule has 0 N–H and O–H groups in total. The molecule has 64 heavy (non-hydrogen) atoms. The Balaban J connectivity index is 1.04. The molecule has 11 aromatic rings. The minimum atomic E-state index is -2.70. The van der Waals surface area contributed by atoms with Crippen LogP contribution in [0.4, 0.5) is 17.1 Å². The zero-order valence-electron chi connectivity index (χ0n) is 35.4. The highest BCUT2D eigenvalue weighted by atomic mass is 28.3. The van der Waals surface area contributed by atoms with Crippen LogP contribution in [0.15, 0.2) is 273 Å². The van der Waals surface area contributed by atoms with Crippen LogP contribution in [0, 0.1) is 0 Å². The van der Waals surface area contributed by atoms with Gasteiger partial charge in [0.1, 0.15) is 0 Å². The summed E-state index contributed by atoms with van der Waals surface area (Å²) >= 11 is 0. The molecule has 0 aromatic heterocycles. The number of hydrogen-bond donors (Lipinski definition) is 0. The molecule has 0 aliphatic rings. The van der Waals surface area contributed by atoms with Crippen molar-refractivity contribution in [2.75, 3.05) is 4.90 Å². The van der Waals surface area contributed by atoms with Gasteiger partial charge in [0, 0.05) is 17.1 Å². The molecule has 0 atom stereocenters. The molecule has 2 heteroatoms. The molecule has 0 amide bonds. The molecule has 0 spiro atoms. The van der Waals surface area contributed by atoms with Crippen LogP contribution >= 0.6 is 0 Å². The van der Waals surface area contributed by atoms with E-state index in [2.05, 4.69) is 278 Å². The van der Waals surface area contributed by atoms with Gasteiger partial charge >= 0.3 is 0 Å². The first-order valence-electron chi connectivity index (χ1n) is 22.1. The van der Waals surface area contributed by atoms with Gasteiger partial charge in [-0.15, -0.1) is 0 Å². The van der Waals surface area contributed by atoms with E-state index < -0.39 is 8.07 Å². The molecule has 302 valence electrons. The lowest BCUT2D eigenvalue weighted by Crippen LogP contribution is -2.74. The van der Waals surface area contributed by atoms with Crippen LogP contribution in [0.5, 0.6) is 0 Å². The summed E-state index contributed by atoms with van der Waals surface area (Å²) in [5.74, 6) is 0. The van der Waals surface area contributed by atoms with Crippen LogP contribution in [-0.2, 0) is 0 Å². The molecule has 1 nitrogen and oxygen atoms in total. The number of fused-ring (bicyclic) bond motifs is 2. The van der Waals surface area contributed by atoms with Crippen molar-refractivity contribution in [3.8, 4) is 33.4 Å². The lowest BCUT2D eigenvalue weighted by atomic mass is 9.91. The Hall–Kier alpha value is -8.04. The zero-order chi connectivity index (χ0) is 42.7. The SMILES string of the molecule is c1ccc(-c2cc3ccccc3cc2-c2ccc(N(c3ccc(-c4ccc5ccccc5c4)cc3)c3ccc([Si](c4ccccc4)(c4ccccc4)c4ccccc4)cc3)cc2)cc1. The van der Waals surface area contributed by atoms with Crippen molar-refractivity contribution in [1.82, 2.24) is 0 Å². The molecular weight excluding hydrogens is 787 g/mol. The first-order valence-corrected chi connectivity index (χ1v) is 24.1. The summed E-state index contributed by atoms with van der Waals surface area (Å²) < 4.78 is 0. The summed E-state index contributed by atoms with van der Waals surface area (Å²) in [7, 11) is -2.70. The zero-order valence-corrected chi connectivity index (χ0v) is 36.4.